The lowest BCUT2D eigenvalue weighted by Gasteiger charge is -2.25. The molecule has 1 amide bonds. The number of aromatic hydroxyl groups is 1. The second-order valence-corrected chi connectivity index (χ2v) is 11.0. The lowest BCUT2D eigenvalue weighted by atomic mass is 9.94. The number of carbonyl (C=O) groups excluding carboxylic acids is 1. The smallest absolute Gasteiger partial charge is 0.271 e. The molecule has 11 heteroatoms. The molecular weight excluding hydrogens is 602 g/mol. The molecular formula is C33H28ClN3O6S. The number of allylic oxidation sites excluding steroid dienone is 1. The van der Waals surface area contributed by atoms with Gasteiger partial charge in [0.05, 0.1) is 40.6 Å². The molecule has 1 aromatic heterocycles. The number of hydrogen-bond donors (Lipinski definition) is 2. The van der Waals surface area contributed by atoms with Crippen LogP contribution in [0.1, 0.15) is 31.0 Å². The number of methoxy groups -OCH3 is 1. The summed E-state index contributed by atoms with van der Waals surface area (Å²) in [5.74, 6) is 2.82. The van der Waals surface area contributed by atoms with Crippen LogP contribution in [-0.4, -0.2) is 35.9 Å². The van der Waals surface area contributed by atoms with Crippen molar-refractivity contribution >= 4 is 40.6 Å². The molecule has 0 fully saturated rings. The van der Waals surface area contributed by atoms with Crippen LogP contribution in [0.15, 0.2) is 81.7 Å². The third kappa shape index (κ3) is 6.06. The molecule has 224 valence electrons. The first-order chi connectivity index (χ1) is 21.2. The zero-order chi connectivity index (χ0) is 31.4. The molecule has 1 atom stereocenters. The fourth-order valence-electron chi connectivity index (χ4n) is 4.85. The Balaban J connectivity index is 1.67. The number of carbonyl (C=O) groups is 1. The number of phenolic OH excluding ortho intramolecular Hbond substituents is 1. The zero-order valence-electron chi connectivity index (χ0n) is 24.1. The van der Waals surface area contributed by atoms with Crippen molar-refractivity contribution in [1.29, 1.82) is 0 Å². The summed E-state index contributed by atoms with van der Waals surface area (Å²) in [6, 6.07) is 16.2. The van der Waals surface area contributed by atoms with Crippen molar-refractivity contribution < 1.29 is 24.1 Å². The minimum Gasteiger partial charge on any atom is -0.504 e. The molecule has 2 N–H and O–H groups in total. The van der Waals surface area contributed by atoms with Crippen molar-refractivity contribution in [1.82, 2.24) is 4.57 Å². The average molecular weight is 630 g/mol. The van der Waals surface area contributed by atoms with Crippen LogP contribution in [0.25, 0.3) is 6.08 Å². The number of rotatable bonds is 9. The summed E-state index contributed by atoms with van der Waals surface area (Å²) < 4.78 is 18.5. The molecule has 1 aliphatic rings. The van der Waals surface area contributed by atoms with Crippen LogP contribution in [0.3, 0.4) is 0 Å². The summed E-state index contributed by atoms with van der Waals surface area (Å²) in [5, 5.41) is 13.5. The Labute approximate surface area is 262 Å². The first-order valence-electron chi connectivity index (χ1n) is 13.5. The number of anilines is 1. The number of phenols is 1. The van der Waals surface area contributed by atoms with E-state index in [4.69, 9.17) is 32.2 Å². The van der Waals surface area contributed by atoms with Gasteiger partial charge < -0.3 is 24.6 Å². The fraction of sp³-hybridized carbons (Fsp3) is 0.182. The van der Waals surface area contributed by atoms with Crippen LogP contribution in [-0.2, 0) is 4.79 Å². The maximum absolute atomic E-state index is 14.1. The molecule has 0 bridgehead atoms. The number of hydrogen-bond acceptors (Lipinski definition) is 8. The van der Waals surface area contributed by atoms with Crippen molar-refractivity contribution in [3.63, 3.8) is 0 Å². The molecule has 9 nitrogen and oxygen atoms in total. The van der Waals surface area contributed by atoms with Gasteiger partial charge in [0, 0.05) is 5.69 Å². The van der Waals surface area contributed by atoms with Gasteiger partial charge in [-0.3, -0.25) is 14.2 Å². The van der Waals surface area contributed by atoms with E-state index >= 15 is 0 Å². The van der Waals surface area contributed by atoms with Gasteiger partial charge in [-0.25, -0.2) is 4.99 Å². The Kier molecular flexibility index (Phi) is 9.09. The number of aromatic nitrogens is 1. The van der Waals surface area contributed by atoms with E-state index in [9.17, 15) is 14.7 Å². The SMILES string of the molecule is C#CCOc1c(Cl)cc(/C=c2\sc3n(c2=O)[C@@H](c2ccc(O)c(OC)c2)C(C(=O)Nc2ccccc2)=C(C)N=3)cc1OCC. The van der Waals surface area contributed by atoms with Crippen LogP contribution >= 0.6 is 22.9 Å². The summed E-state index contributed by atoms with van der Waals surface area (Å²) in [6.07, 6.45) is 7.02. The molecule has 3 aromatic carbocycles. The number of nitrogens with zero attached hydrogens (tertiary/aromatic N) is 2. The molecule has 5 rings (SSSR count). The van der Waals surface area contributed by atoms with Gasteiger partial charge in [0.1, 0.15) is 6.61 Å². The molecule has 0 saturated carbocycles. The summed E-state index contributed by atoms with van der Waals surface area (Å²) in [5.41, 5.74) is 2.09. The highest BCUT2D eigenvalue weighted by Crippen LogP contribution is 2.38. The van der Waals surface area contributed by atoms with E-state index in [0.717, 1.165) is 0 Å². The summed E-state index contributed by atoms with van der Waals surface area (Å²) in [7, 11) is 1.43. The van der Waals surface area contributed by atoms with Crippen molar-refractivity contribution in [2.45, 2.75) is 19.9 Å². The Morgan fingerprint density at radius 3 is 2.66 bits per heavy atom. The molecule has 0 aliphatic carbocycles. The fourth-order valence-corrected chi connectivity index (χ4v) is 6.17. The Bertz CT molecular complexity index is 1990. The predicted molar refractivity (Wildman–Crippen MR) is 170 cm³/mol. The standard InChI is InChI=1S/C33H28ClN3O6S/c1-5-14-43-30-23(34)15-20(16-26(30)42-6-2)17-27-32(40)37-29(21-12-13-24(38)25(18-21)41-4)28(19(3)35-33(37)44-27)31(39)36-22-10-8-7-9-11-22/h1,7-13,15-18,29,38H,6,14H2,2-4H3,(H,36,39)/b27-17-/t29-/m0/s1. The first kappa shape index (κ1) is 30.5. The number of ether oxygens (including phenoxy) is 3. The quantitative estimate of drug-likeness (QED) is 0.261. The minimum atomic E-state index is -0.867. The summed E-state index contributed by atoms with van der Waals surface area (Å²) in [6.45, 7) is 3.93. The number of halogens is 1. The molecule has 2 heterocycles. The van der Waals surface area contributed by atoms with Gasteiger partial charge in [-0.2, -0.15) is 0 Å². The minimum absolute atomic E-state index is 0.0132. The second-order valence-electron chi connectivity index (χ2n) is 9.59. The molecule has 44 heavy (non-hydrogen) atoms. The van der Waals surface area contributed by atoms with Crippen LogP contribution < -0.4 is 34.4 Å². The molecule has 0 saturated heterocycles. The maximum atomic E-state index is 14.1. The van der Waals surface area contributed by atoms with Gasteiger partial charge in [-0.05, 0) is 67.4 Å². The number of nitrogens with one attached hydrogen (secondary N) is 1. The van der Waals surface area contributed by atoms with E-state index in [2.05, 4.69) is 16.2 Å². The zero-order valence-corrected chi connectivity index (χ0v) is 25.7. The van der Waals surface area contributed by atoms with Gasteiger partial charge in [-0.15, -0.1) is 6.42 Å². The van der Waals surface area contributed by atoms with Crippen molar-refractivity contribution in [3.05, 3.63) is 108 Å². The number of fused-ring (bicyclic) bond motifs is 1. The normalized spacial score (nSPS) is 14.3. The third-order valence-electron chi connectivity index (χ3n) is 6.75. The highest BCUT2D eigenvalue weighted by atomic mass is 35.5. The summed E-state index contributed by atoms with van der Waals surface area (Å²) in [4.78, 5) is 32.9. The summed E-state index contributed by atoms with van der Waals surface area (Å²) >= 11 is 7.69. The van der Waals surface area contributed by atoms with Crippen LogP contribution in [0.5, 0.6) is 23.0 Å². The Morgan fingerprint density at radius 2 is 1.95 bits per heavy atom. The highest BCUT2D eigenvalue weighted by molar-refractivity contribution is 7.07. The number of terminal acetylenes is 1. The van der Waals surface area contributed by atoms with E-state index in [1.165, 1.54) is 29.1 Å². The molecule has 0 radical (unpaired) electrons. The monoisotopic (exact) mass is 629 g/mol. The molecule has 0 spiro atoms. The molecule has 0 unspecified atom stereocenters. The second kappa shape index (κ2) is 13.1. The Morgan fingerprint density at radius 1 is 1.18 bits per heavy atom. The van der Waals surface area contributed by atoms with E-state index < -0.39 is 11.9 Å². The van der Waals surface area contributed by atoms with Gasteiger partial charge in [-0.1, -0.05) is 53.1 Å². The number of para-hydroxylation sites is 1. The van der Waals surface area contributed by atoms with Crippen molar-refractivity contribution in [3.8, 4) is 35.3 Å². The molecule has 1 aliphatic heterocycles. The number of benzene rings is 3. The maximum Gasteiger partial charge on any atom is 0.271 e. The van der Waals surface area contributed by atoms with Gasteiger partial charge >= 0.3 is 0 Å². The number of thiazole rings is 1. The highest BCUT2D eigenvalue weighted by Gasteiger charge is 2.33. The lowest BCUT2D eigenvalue weighted by molar-refractivity contribution is -0.113. The predicted octanol–water partition coefficient (Wildman–Crippen LogP) is 4.65. The number of amides is 1. The van der Waals surface area contributed by atoms with Gasteiger partial charge in [0.15, 0.2) is 27.8 Å². The van der Waals surface area contributed by atoms with E-state index in [0.29, 0.717) is 50.0 Å². The molecule has 4 aromatic rings. The van der Waals surface area contributed by atoms with Crippen LogP contribution in [0.4, 0.5) is 5.69 Å². The largest absolute Gasteiger partial charge is 0.504 e. The first-order valence-corrected chi connectivity index (χ1v) is 14.7. The van der Waals surface area contributed by atoms with E-state index in [1.54, 1.807) is 49.4 Å². The van der Waals surface area contributed by atoms with Crippen molar-refractivity contribution in [2.24, 2.45) is 4.99 Å². The van der Waals surface area contributed by atoms with Crippen LogP contribution in [0.2, 0.25) is 5.02 Å². The van der Waals surface area contributed by atoms with Gasteiger partial charge in [0.2, 0.25) is 0 Å². The Hall–Kier alpha value is -4.98. The average Bonchev–Trinajstić information content (AvgIpc) is 3.30. The van der Waals surface area contributed by atoms with E-state index in [-0.39, 0.29) is 34.3 Å². The topological polar surface area (TPSA) is 111 Å². The third-order valence-corrected chi connectivity index (χ3v) is 8.01. The van der Waals surface area contributed by atoms with E-state index in [1.807, 2.05) is 25.1 Å². The lowest BCUT2D eigenvalue weighted by Crippen LogP contribution is -2.40. The van der Waals surface area contributed by atoms with Crippen LogP contribution in [0, 0.1) is 12.3 Å². The van der Waals surface area contributed by atoms with Crippen molar-refractivity contribution in [2.75, 3.05) is 25.6 Å². The van der Waals surface area contributed by atoms with Gasteiger partial charge in [0.25, 0.3) is 11.5 Å².